The van der Waals surface area contributed by atoms with Crippen molar-refractivity contribution in [1.82, 2.24) is 0 Å². The van der Waals surface area contributed by atoms with Gasteiger partial charge in [-0.2, -0.15) is 42.1 Å². The van der Waals surface area contributed by atoms with E-state index in [0.29, 0.717) is 67.8 Å². The quantitative estimate of drug-likeness (QED) is 0.0151. The standard InChI is InChI=1S/C120H132F8N12/c1-9-17-25-33-65-137(66-34-26-18-10-2)97-57-49-89(50-58-97)107(93(77-129)78-130)101-73-85-41-43-86(44-42-85)74-103(109(95(81-133)82-134)91-53-61-99(62-54-91)139(69-37-29-21-13-5)70-38-30-22-14-6)111-117(125)119(127)112(120(128)118(111)126)104(110(96(83-135)84-136)92-55-63-100(64-56-92)140(71-39-31-23-15-7)72-40-32-24-16-8)76-106-115(123)113(121)105(114(122)116(106)124)75-102(88-47-45-87(101)46-48-88)108(94(79-131)80-132)90-51-59-98(60-52-90)138(67-35-27-19-11-3)68-36-28-20-12-4/h41-64,73-76H,9-40,65-72H2,1-8H3/b85-73?,86-74?,101-73+,101-87?,102-75+,102-88?,103-74-,104-76-,105-75?,106-76?,111-103?,112-104?. The van der Waals surface area contributed by atoms with Crippen LogP contribution in [0.5, 0.6) is 0 Å². The van der Waals surface area contributed by atoms with Crippen LogP contribution in [0, 0.1) is 137 Å². The maximum absolute atomic E-state index is 19.2. The third-order valence-electron chi connectivity index (χ3n) is 26.1. The largest absolute Gasteiger partial charge is 0.372 e. The summed E-state index contributed by atoms with van der Waals surface area (Å²) in [6.07, 6.45) is 34.1. The fourth-order valence-electron chi connectivity index (χ4n) is 18.3. The number of anilines is 4. The molecule has 8 aromatic rings. The zero-order valence-electron chi connectivity index (χ0n) is 82.8. The van der Waals surface area contributed by atoms with Gasteiger partial charge in [-0.25, -0.2) is 35.1 Å². The molecule has 0 aliphatic heterocycles. The third-order valence-corrected chi connectivity index (χ3v) is 26.1. The lowest BCUT2D eigenvalue weighted by molar-refractivity contribution is 0.446. The normalized spacial score (nSPS) is 13.0. The molecular weight excluding hydrogens is 1760 g/mol. The number of nitriles is 8. The van der Waals surface area contributed by atoms with E-state index in [9.17, 15) is 42.1 Å². The van der Waals surface area contributed by atoms with E-state index < -0.39 is 108 Å². The van der Waals surface area contributed by atoms with Crippen molar-refractivity contribution in [2.24, 2.45) is 0 Å². The first-order chi connectivity index (χ1) is 68.2. The molecule has 0 saturated carbocycles. The molecule has 0 unspecified atom stereocenters. The average Bonchev–Trinajstić information content (AvgIpc) is 0.737. The summed E-state index contributed by atoms with van der Waals surface area (Å²) in [7, 11) is 0. The molecule has 0 heterocycles. The highest BCUT2D eigenvalue weighted by atomic mass is 19.2. The second-order valence-electron chi connectivity index (χ2n) is 36.1. The van der Waals surface area contributed by atoms with Crippen LogP contribution in [0.25, 0.3) is 68.9 Å². The van der Waals surface area contributed by atoms with E-state index in [-0.39, 0.29) is 67.3 Å². The van der Waals surface area contributed by atoms with Crippen LogP contribution in [0.1, 0.15) is 328 Å². The Labute approximate surface area is 826 Å². The summed E-state index contributed by atoms with van der Waals surface area (Å²) >= 11 is 0. The van der Waals surface area contributed by atoms with Crippen molar-refractivity contribution >= 4 is 91.6 Å². The fourth-order valence-corrected chi connectivity index (χ4v) is 18.3. The maximum Gasteiger partial charge on any atom is 0.170 e. The Bertz CT molecular complexity index is 5950. The molecule has 7 aliphatic rings. The lowest BCUT2D eigenvalue weighted by Gasteiger charge is -2.26. The van der Waals surface area contributed by atoms with Gasteiger partial charge in [0.05, 0.1) is 22.3 Å². The number of hydrogen-bond donors (Lipinski definition) is 0. The van der Waals surface area contributed by atoms with Crippen molar-refractivity contribution in [2.45, 2.75) is 261 Å². The summed E-state index contributed by atoms with van der Waals surface area (Å²) in [6.45, 7) is 22.3. The molecule has 0 N–H and O–H groups in total. The topological polar surface area (TPSA) is 203 Å². The van der Waals surface area contributed by atoms with Gasteiger partial charge in [0.25, 0.3) is 0 Å². The molecular formula is C120H132F8N12. The van der Waals surface area contributed by atoms with E-state index in [1.165, 1.54) is 48.5 Å². The maximum atomic E-state index is 19.2. The number of hydrogen-bond acceptors (Lipinski definition) is 12. The first-order valence-electron chi connectivity index (χ1n) is 50.6. The average molecular weight is 1890 g/mol. The van der Waals surface area contributed by atoms with E-state index in [1.54, 1.807) is 91.0 Å². The van der Waals surface area contributed by atoms with E-state index in [1.807, 2.05) is 48.5 Å². The van der Waals surface area contributed by atoms with Crippen molar-refractivity contribution in [1.29, 1.82) is 42.1 Å². The highest BCUT2D eigenvalue weighted by molar-refractivity contribution is 6.18. The number of rotatable bonds is 52. The lowest BCUT2D eigenvalue weighted by Crippen LogP contribution is -2.25. The predicted molar refractivity (Wildman–Crippen MR) is 557 cm³/mol. The van der Waals surface area contributed by atoms with Crippen LogP contribution in [0.3, 0.4) is 0 Å². The summed E-state index contributed by atoms with van der Waals surface area (Å²) in [5.74, 6) is -18.2. The minimum absolute atomic E-state index is 0.0286. The molecule has 0 aromatic heterocycles. The van der Waals surface area contributed by atoms with Crippen LogP contribution in [0.4, 0.5) is 57.9 Å². The van der Waals surface area contributed by atoms with Crippen molar-refractivity contribution in [3.05, 3.63) is 281 Å². The highest BCUT2D eigenvalue weighted by Gasteiger charge is 2.37. The molecule has 15 rings (SSSR count). The van der Waals surface area contributed by atoms with Gasteiger partial charge < -0.3 is 19.6 Å². The molecule has 7 aliphatic carbocycles. The van der Waals surface area contributed by atoms with Gasteiger partial charge in [0.15, 0.2) is 46.5 Å². The summed E-state index contributed by atoms with van der Waals surface area (Å²) < 4.78 is 151. The summed E-state index contributed by atoms with van der Waals surface area (Å²) in [4.78, 5) is 8.87. The number of allylic oxidation sites excluding steroid dienone is 12. The van der Waals surface area contributed by atoms with Crippen LogP contribution in [-0.2, 0) is 0 Å². The first kappa shape index (κ1) is 110. The lowest BCUT2D eigenvalue weighted by atomic mass is 9.83. The molecule has 8 bridgehead atoms. The van der Waals surface area contributed by atoms with Gasteiger partial charge in [-0.15, -0.1) is 0 Å². The molecule has 8 aromatic carbocycles. The third kappa shape index (κ3) is 29.2. The van der Waals surface area contributed by atoms with Gasteiger partial charge >= 0.3 is 0 Å². The molecule has 0 saturated heterocycles. The molecule has 12 nitrogen and oxygen atoms in total. The Morgan fingerprint density at radius 3 is 0.586 bits per heavy atom. The summed E-state index contributed by atoms with van der Waals surface area (Å²) in [5, 5.41) is 89.7. The monoisotopic (exact) mass is 1890 g/mol. The van der Waals surface area contributed by atoms with Crippen LogP contribution >= 0.6 is 0 Å². The smallest absolute Gasteiger partial charge is 0.170 e. The molecule has 20 heteroatoms. The minimum Gasteiger partial charge on any atom is -0.372 e. The molecule has 728 valence electrons. The van der Waals surface area contributed by atoms with Gasteiger partial charge in [-0.05, 0) is 191 Å². The Balaban J connectivity index is 1.46. The zero-order valence-corrected chi connectivity index (χ0v) is 82.8. The molecule has 0 radical (unpaired) electrons. The second-order valence-corrected chi connectivity index (χ2v) is 36.1. The van der Waals surface area contributed by atoms with Gasteiger partial charge in [-0.3, -0.25) is 0 Å². The van der Waals surface area contributed by atoms with E-state index in [2.05, 4.69) is 87.1 Å². The van der Waals surface area contributed by atoms with E-state index >= 15 is 35.1 Å². The van der Waals surface area contributed by atoms with Gasteiger partial charge in [0.1, 0.15) is 70.8 Å². The Hall–Kier alpha value is -13.8. The zero-order chi connectivity index (χ0) is 101. The Morgan fingerprint density at radius 2 is 0.386 bits per heavy atom. The minimum atomic E-state index is -2.35. The summed E-state index contributed by atoms with van der Waals surface area (Å²) in [6, 6.07) is 54.0. The fraction of sp³-hybridized carbons (Fsp3) is 0.400. The van der Waals surface area contributed by atoms with E-state index in [4.69, 9.17) is 0 Å². The molecule has 140 heavy (non-hydrogen) atoms. The van der Waals surface area contributed by atoms with Crippen molar-refractivity contribution in [3.8, 4) is 48.6 Å². The Morgan fingerprint density at radius 1 is 0.207 bits per heavy atom. The first-order valence-corrected chi connectivity index (χ1v) is 50.6. The SMILES string of the molecule is CCCCCCN(CCCCCC)c1ccc(C(=C(C#N)C#N)/C2=C/c3ccc(cc3)/C=C(/C(=C(C#N)C#N)c3ccc(N(CCCCCC)CCCCCC)cc3)c3ccc(cc3)/C(C(=C(C#N)C#N)c3ccc(N(CCCCCC)CCCCCC)cc3)=C\c3c(F)c(F)c(c(F)c3F)/C=C(/C(=C(C#N)C#N)c3ccc(N(CCCCCC)CCCCCC)cc3)c3c(F)c(F)c2c(F)c3F)cc1. The van der Waals surface area contributed by atoms with Crippen LogP contribution in [0.2, 0.25) is 0 Å². The van der Waals surface area contributed by atoms with Crippen LogP contribution in [0.15, 0.2) is 168 Å². The molecule has 0 spiro atoms. The van der Waals surface area contributed by atoms with E-state index in [0.717, 1.165) is 236 Å². The molecule has 0 fully saturated rings. The Kier molecular flexibility index (Phi) is 45.7. The van der Waals surface area contributed by atoms with Crippen molar-refractivity contribution in [3.63, 3.8) is 0 Å². The summed E-state index contributed by atoms with van der Waals surface area (Å²) in [5.41, 5.74) is -9.62. The number of benzene rings is 8. The van der Waals surface area contributed by atoms with Gasteiger partial charge in [-0.1, -0.05) is 307 Å². The number of nitrogens with zero attached hydrogens (tertiary/aromatic N) is 12. The number of halogens is 8. The highest BCUT2D eigenvalue weighted by Crippen LogP contribution is 2.48. The molecule has 0 atom stereocenters. The second kappa shape index (κ2) is 58.2. The molecule has 0 amide bonds. The van der Waals surface area contributed by atoms with Gasteiger partial charge in [0, 0.05) is 97.4 Å². The predicted octanol–water partition coefficient (Wildman–Crippen LogP) is 33.1. The van der Waals surface area contributed by atoms with Gasteiger partial charge in [0.2, 0.25) is 0 Å². The number of unbranched alkanes of at least 4 members (excludes halogenated alkanes) is 24. The van der Waals surface area contributed by atoms with Crippen LogP contribution < -0.4 is 19.6 Å². The van der Waals surface area contributed by atoms with Crippen molar-refractivity contribution < 1.29 is 35.1 Å². The van der Waals surface area contributed by atoms with Crippen molar-refractivity contribution in [2.75, 3.05) is 72.0 Å². The van der Waals surface area contributed by atoms with Crippen LogP contribution in [-0.4, -0.2) is 52.4 Å².